The number of carbonyl (C=O) groups is 2. The van der Waals surface area contributed by atoms with E-state index in [1.807, 2.05) is 37.3 Å². The molecule has 1 heterocycles. The minimum Gasteiger partial charge on any atom is -0.493 e. The first kappa shape index (κ1) is 19.9. The minimum atomic E-state index is -0.699. The Morgan fingerprint density at radius 2 is 1.80 bits per heavy atom. The molecule has 154 valence electrons. The van der Waals surface area contributed by atoms with Crippen molar-refractivity contribution in [2.75, 3.05) is 20.8 Å². The van der Waals surface area contributed by atoms with E-state index in [-0.39, 0.29) is 5.78 Å². The number of hydrogen-bond donors (Lipinski definition) is 0. The predicted octanol–water partition coefficient (Wildman–Crippen LogP) is 4.05. The Morgan fingerprint density at radius 3 is 2.47 bits per heavy atom. The SMILES string of the molecule is CCOc1cc(C2C3=C(N=C(C)C2C(=O)OC)c2ccccc2C3=O)ccc1OC. The van der Waals surface area contributed by atoms with E-state index >= 15 is 0 Å². The van der Waals surface area contributed by atoms with Gasteiger partial charge in [0, 0.05) is 28.3 Å². The van der Waals surface area contributed by atoms with Crippen LogP contribution in [0.25, 0.3) is 5.70 Å². The number of aliphatic imine (C=N–C) groups is 1. The summed E-state index contributed by atoms with van der Waals surface area (Å²) in [5.41, 5.74) is 3.94. The zero-order valence-electron chi connectivity index (χ0n) is 17.4. The summed E-state index contributed by atoms with van der Waals surface area (Å²) >= 11 is 0. The Balaban J connectivity index is 1.93. The zero-order valence-corrected chi connectivity index (χ0v) is 17.4. The number of methoxy groups -OCH3 is 2. The Bertz CT molecular complexity index is 1100. The van der Waals surface area contributed by atoms with E-state index in [0.29, 0.717) is 40.7 Å². The summed E-state index contributed by atoms with van der Waals surface area (Å²) in [6.45, 7) is 4.15. The van der Waals surface area contributed by atoms with Gasteiger partial charge in [-0.2, -0.15) is 0 Å². The van der Waals surface area contributed by atoms with Gasteiger partial charge in [-0.15, -0.1) is 0 Å². The number of Topliss-reactive ketones (excluding diaryl/α,β-unsaturated/α-hetero) is 1. The number of nitrogens with zero attached hydrogens (tertiary/aromatic N) is 1. The molecule has 0 saturated heterocycles. The van der Waals surface area contributed by atoms with Crippen LogP contribution in [0.4, 0.5) is 0 Å². The summed E-state index contributed by atoms with van der Waals surface area (Å²) in [7, 11) is 2.92. The number of benzene rings is 2. The molecule has 4 rings (SSSR count). The van der Waals surface area contributed by atoms with Gasteiger partial charge in [-0.25, -0.2) is 0 Å². The molecular formula is C24H23NO5. The highest BCUT2D eigenvalue weighted by Gasteiger charge is 2.46. The fraction of sp³-hybridized carbons (Fsp3) is 0.292. The number of ether oxygens (including phenoxy) is 3. The van der Waals surface area contributed by atoms with Crippen LogP contribution in [0, 0.1) is 5.92 Å². The Hall–Kier alpha value is -3.41. The zero-order chi connectivity index (χ0) is 21.4. The van der Waals surface area contributed by atoms with Crippen LogP contribution >= 0.6 is 0 Å². The average molecular weight is 405 g/mol. The highest BCUT2D eigenvalue weighted by molar-refractivity contribution is 6.24. The third-order valence-corrected chi connectivity index (χ3v) is 5.61. The fourth-order valence-electron chi connectivity index (χ4n) is 4.30. The van der Waals surface area contributed by atoms with Gasteiger partial charge in [0.2, 0.25) is 0 Å². The van der Waals surface area contributed by atoms with E-state index in [9.17, 15) is 9.59 Å². The summed E-state index contributed by atoms with van der Waals surface area (Å²) in [5.74, 6) is -0.613. The van der Waals surface area contributed by atoms with E-state index < -0.39 is 17.8 Å². The lowest BCUT2D eigenvalue weighted by atomic mass is 9.75. The summed E-state index contributed by atoms with van der Waals surface area (Å²) < 4.78 is 16.2. The van der Waals surface area contributed by atoms with Gasteiger partial charge in [-0.3, -0.25) is 14.6 Å². The van der Waals surface area contributed by atoms with Crippen molar-refractivity contribution in [1.82, 2.24) is 0 Å². The maximum atomic E-state index is 13.4. The maximum Gasteiger partial charge on any atom is 0.315 e. The van der Waals surface area contributed by atoms with Crippen molar-refractivity contribution in [2.24, 2.45) is 10.9 Å². The lowest BCUT2D eigenvalue weighted by molar-refractivity contribution is -0.143. The first-order valence-electron chi connectivity index (χ1n) is 9.83. The highest BCUT2D eigenvalue weighted by atomic mass is 16.5. The van der Waals surface area contributed by atoms with Gasteiger partial charge in [0.1, 0.15) is 5.92 Å². The topological polar surface area (TPSA) is 74.2 Å². The van der Waals surface area contributed by atoms with Gasteiger partial charge < -0.3 is 14.2 Å². The molecule has 0 fully saturated rings. The Morgan fingerprint density at radius 1 is 1.07 bits per heavy atom. The van der Waals surface area contributed by atoms with Gasteiger partial charge in [0.15, 0.2) is 17.3 Å². The summed E-state index contributed by atoms with van der Waals surface area (Å²) in [5, 5.41) is 0. The van der Waals surface area contributed by atoms with Crippen LogP contribution in [0.5, 0.6) is 11.5 Å². The average Bonchev–Trinajstić information content (AvgIpc) is 3.04. The van der Waals surface area contributed by atoms with E-state index in [1.165, 1.54) is 7.11 Å². The van der Waals surface area contributed by atoms with E-state index in [0.717, 1.165) is 11.1 Å². The summed E-state index contributed by atoms with van der Waals surface area (Å²) in [6, 6.07) is 12.9. The molecule has 2 aromatic rings. The van der Waals surface area contributed by atoms with E-state index in [2.05, 4.69) is 4.99 Å². The van der Waals surface area contributed by atoms with Crippen molar-refractivity contribution in [3.63, 3.8) is 0 Å². The molecule has 0 N–H and O–H groups in total. The number of carbonyl (C=O) groups excluding carboxylic acids is 2. The molecule has 0 radical (unpaired) electrons. The molecule has 1 aliphatic heterocycles. The second-order valence-corrected chi connectivity index (χ2v) is 7.21. The van der Waals surface area contributed by atoms with Gasteiger partial charge in [-0.05, 0) is 31.5 Å². The molecule has 2 aliphatic rings. The number of hydrogen-bond acceptors (Lipinski definition) is 6. The van der Waals surface area contributed by atoms with Gasteiger partial charge in [-0.1, -0.05) is 30.3 Å². The van der Waals surface area contributed by atoms with Gasteiger partial charge in [0.25, 0.3) is 0 Å². The minimum absolute atomic E-state index is 0.107. The monoisotopic (exact) mass is 405 g/mol. The van der Waals surface area contributed by atoms with Crippen LogP contribution in [-0.2, 0) is 9.53 Å². The molecule has 0 bridgehead atoms. The van der Waals surface area contributed by atoms with E-state index in [4.69, 9.17) is 14.2 Å². The first-order valence-corrected chi connectivity index (χ1v) is 9.83. The normalized spacial score (nSPS) is 19.7. The molecule has 0 amide bonds. The van der Waals surface area contributed by atoms with Crippen LogP contribution in [0.3, 0.4) is 0 Å². The molecule has 2 aromatic carbocycles. The molecule has 6 nitrogen and oxygen atoms in total. The molecule has 2 atom stereocenters. The molecule has 0 aromatic heterocycles. The Labute approximate surface area is 175 Å². The van der Waals surface area contributed by atoms with Crippen molar-refractivity contribution in [2.45, 2.75) is 19.8 Å². The quantitative estimate of drug-likeness (QED) is 0.702. The van der Waals surface area contributed by atoms with Crippen molar-refractivity contribution in [1.29, 1.82) is 0 Å². The van der Waals surface area contributed by atoms with E-state index in [1.54, 1.807) is 26.2 Å². The molecule has 6 heteroatoms. The third kappa shape index (κ3) is 3.00. The summed E-state index contributed by atoms with van der Waals surface area (Å²) in [4.78, 5) is 30.8. The molecule has 1 aliphatic carbocycles. The van der Waals surface area contributed by atoms with Crippen molar-refractivity contribution in [3.8, 4) is 11.5 Å². The van der Waals surface area contributed by atoms with Crippen LogP contribution < -0.4 is 9.47 Å². The summed E-state index contributed by atoms with van der Waals surface area (Å²) in [6.07, 6.45) is 0. The number of allylic oxidation sites excluding steroid dienone is 1. The standard InChI is InChI=1S/C24H23NO5/c1-5-30-18-12-14(10-11-17(18)28-3)20-19(24(27)29-4)13(2)25-22-15-8-6-7-9-16(15)23(26)21(20)22/h6-12,19-20H,5H2,1-4H3. The molecular weight excluding hydrogens is 382 g/mol. The van der Waals surface area contributed by atoms with Crippen LogP contribution in [0.1, 0.15) is 41.3 Å². The van der Waals surface area contributed by atoms with Crippen LogP contribution in [0.2, 0.25) is 0 Å². The number of ketones is 1. The Kier molecular flexibility index (Phi) is 5.16. The second kappa shape index (κ2) is 7.78. The highest BCUT2D eigenvalue weighted by Crippen LogP contribution is 2.49. The first-order chi connectivity index (χ1) is 14.5. The van der Waals surface area contributed by atoms with Crippen LogP contribution in [0.15, 0.2) is 53.0 Å². The number of rotatable bonds is 5. The molecule has 0 saturated carbocycles. The fourth-order valence-corrected chi connectivity index (χ4v) is 4.30. The van der Waals surface area contributed by atoms with Gasteiger partial charge in [0.05, 0.1) is 26.5 Å². The van der Waals surface area contributed by atoms with Crippen molar-refractivity contribution >= 4 is 23.2 Å². The van der Waals surface area contributed by atoms with Gasteiger partial charge >= 0.3 is 5.97 Å². The lowest BCUT2D eigenvalue weighted by Gasteiger charge is -2.30. The third-order valence-electron chi connectivity index (χ3n) is 5.61. The molecule has 30 heavy (non-hydrogen) atoms. The van der Waals surface area contributed by atoms with Crippen molar-refractivity contribution in [3.05, 3.63) is 64.7 Å². The van der Waals surface area contributed by atoms with Crippen molar-refractivity contribution < 1.29 is 23.8 Å². The molecule has 2 unspecified atom stereocenters. The largest absolute Gasteiger partial charge is 0.493 e. The maximum absolute atomic E-state index is 13.4. The number of esters is 1. The molecule has 0 spiro atoms. The predicted molar refractivity (Wildman–Crippen MR) is 113 cm³/mol. The second-order valence-electron chi connectivity index (χ2n) is 7.21. The van der Waals surface area contributed by atoms with Crippen LogP contribution in [-0.4, -0.2) is 38.3 Å². The lowest BCUT2D eigenvalue weighted by Crippen LogP contribution is -2.34. The number of fused-ring (bicyclic) bond motifs is 2. The smallest absolute Gasteiger partial charge is 0.315 e.